The highest BCUT2D eigenvalue weighted by molar-refractivity contribution is 8.13. The van der Waals surface area contributed by atoms with Crippen LogP contribution in [0.15, 0.2) is 42.0 Å². The first-order valence-corrected chi connectivity index (χ1v) is 6.47. The van der Waals surface area contributed by atoms with Gasteiger partial charge in [0.2, 0.25) is 0 Å². The molecule has 0 aromatic heterocycles. The first-order valence-electron chi connectivity index (χ1n) is 5.65. The van der Waals surface area contributed by atoms with Crippen molar-refractivity contribution in [1.29, 1.82) is 0 Å². The molecule has 0 saturated carbocycles. The highest BCUT2D eigenvalue weighted by atomic mass is 32.2. The molecule has 0 heterocycles. The molecule has 96 valence electrons. The Morgan fingerprint density at radius 3 is 2.44 bits per heavy atom. The van der Waals surface area contributed by atoms with Crippen LogP contribution in [0.3, 0.4) is 0 Å². The number of carbonyl (C=O) groups is 2. The number of ether oxygens (including phenoxy) is 1. The van der Waals surface area contributed by atoms with Crippen LogP contribution in [-0.4, -0.2) is 11.1 Å². The summed E-state index contributed by atoms with van der Waals surface area (Å²) in [5.74, 6) is -0.0955. The van der Waals surface area contributed by atoms with Crippen LogP contribution in [0.2, 0.25) is 0 Å². The summed E-state index contributed by atoms with van der Waals surface area (Å²) < 4.78 is 4.65. The van der Waals surface area contributed by atoms with Crippen molar-refractivity contribution < 1.29 is 14.3 Å². The summed E-state index contributed by atoms with van der Waals surface area (Å²) >= 11 is 1.19. The Bertz CT molecular complexity index is 435. The van der Waals surface area contributed by atoms with E-state index in [2.05, 4.69) is 11.3 Å². The number of hydrogen-bond acceptors (Lipinski definition) is 4. The molecule has 0 spiro atoms. The van der Waals surface area contributed by atoms with Crippen molar-refractivity contribution in [3.05, 3.63) is 42.7 Å². The third-order valence-electron chi connectivity index (χ3n) is 2.09. The number of rotatable bonds is 5. The standard InChI is InChI=1S/C14H16O3S/c1-4-17-14(16)11-5-7-12(8-6-11)18-13(15)9-10(2)3/h4-8,10H,1,9H2,2-3H3. The van der Waals surface area contributed by atoms with E-state index < -0.39 is 5.97 Å². The summed E-state index contributed by atoms with van der Waals surface area (Å²) in [5.41, 5.74) is 0.440. The molecule has 1 aromatic carbocycles. The third-order valence-corrected chi connectivity index (χ3v) is 2.99. The first-order chi connectivity index (χ1) is 8.52. The topological polar surface area (TPSA) is 43.4 Å². The fourth-order valence-corrected chi connectivity index (χ4v) is 2.26. The van der Waals surface area contributed by atoms with Crippen LogP contribution in [0.4, 0.5) is 0 Å². The van der Waals surface area contributed by atoms with Crippen LogP contribution < -0.4 is 0 Å². The van der Waals surface area contributed by atoms with Crippen LogP contribution in [-0.2, 0) is 9.53 Å². The van der Waals surface area contributed by atoms with E-state index in [-0.39, 0.29) is 5.12 Å². The molecule has 0 fully saturated rings. The molecule has 0 unspecified atom stereocenters. The number of benzene rings is 1. The van der Waals surface area contributed by atoms with E-state index in [9.17, 15) is 9.59 Å². The van der Waals surface area contributed by atoms with Gasteiger partial charge in [-0.05, 0) is 30.2 Å². The van der Waals surface area contributed by atoms with E-state index in [1.165, 1.54) is 11.8 Å². The Labute approximate surface area is 111 Å². The van der Waals surface area contributed by atoms with Crippen molar-refractivity contribution in [2.75, 3.05) is 0 Å². The van der Waals surface area contributed by atoms with Gasteiger partial charge in [0, 0.05) is 11.3 Å². The van der Waals surface area contributed by atoms with Gasteiger partial charge in [0.25, 0.3) is 0 Å². The van der Waals surface area contributed by atoms with Crippen LogP contribution in [0.1, 0.15) is 30.6 Å². The second-order valence-corrected chi connectivity index (χ2v) is 5.30. The van der Waals surface area contributed by atoms with Crippen molar-refractivity contribution in [2.24, 2.45) is 5.92 Å². The molecule has 0 saturated heterocycles. The van der Waals surface area contributed by atoms with Gasteiger partial charge in [-0.2, -0.15) is 0 Å². The summed E-state index contributed by atoms with van der Waals surface area (Å²) in [6.45, 7) is 7.33. The molecular formula is C14H16O3S. The molecule has 0 aliphatic heterocycles. The fraction of sp³-hybridized carbons (Fsp3) is 0.286. The molecule has 0 aliphatic rings. The minimum Gasteiger partial charge on any atom is -0.432 e. The molecule has 0 N–H and O–H groups in total. The van der Waals surface area contributed by atoms with Gasteiger partial charge < -0.3 is 4.74 Å². The minimum absolute atomic E-state index is 0.131. The second-order valence-electron chi connectivity index (χ2n) is 4.17. The average molecular weight is 264 g/mol. The largest absolute Gasteiger partial charge is 0.432 e. The Morgan fingerprint density at radius 2 is 1.94 bits per heavy atom. The summed E-state index contributed by atoms with van der Waals surface area (Å²) in [6.07, 6.45) is 1.64. The summed E-state index contributed by atoms with van der Waals surface area (Å²) in [4.78, 5) is 23.8. The van der Waals surface area contributed by atoms with E-state index in [1.54, 1.807) is 24.3 Å². The molecule has 0 radical (unpaired) electrons. The molecule has 1 rings (SSSR count). The third kappa shape index (κ3) is 4.75. The normalized spacial score (nSPS) is 10.2. The summed E-state index contributed by atoms with van der Waals surface area (Å²) in [5, 5.41) is 0.131. The molecule has 18 heavy (non-hydrogen) atoms. The SMILES string of the molecule is C=COC(=O)c1ccc(SC(=O)CC(C)C)cc1. The van der Waals surface area contributed by atoms with Gasteiger partial charge >= 0.3 is 5.97 Å². The zero-order chi connectivity index (χ0) is 13.5. The molecular weight excluding hydrogens is 248 g/mol. The van der Waals surface area contributed by atoms with Crippen molar-refractivity contribution in [3.63, 3.8) is 0 Å². The zero-order valence-electron chi connectivity index (χ0n) is 10.5. The predicted octanol–water partition coefficient (Wildman–Crippen LogP) is 3.65. The van der Waals surface area contributed by atoms with Crippen LogP contribution >= 0.6 is 11.8 Å². The first kappa shape index (κ1) is 14.5. The van der Waals surface area contributed by atoms with Crippen molar-refractivity contribution >= 4 is 22.8 Å². The zero-order valence-corrected chi connectivity index (χ0v) is 11.3. The quantitative estimate of drug-likeness (QED) is 0.462. The molecule has 0 atom stereocenters. The van der Waals surface area contributed by atoms with Crippen LogP contribution in [0, 0.1) is 5.92 Å². The molecule has 1 aromatic rings. The van der Waals surface area contributed by atoms with Crippen molar-refractivity contribution in [2.45, 2.75) is 25.2 Å². The van der Waals surface area contributed by atoms with E-state index in [0.717, 1.165) is 11.2 Å². The predicted molar refractivity (Wildman–Crippen MR) is 72.4 cm³/mol. The lowest BCUT2D eigenvalue weighted by Crippen LogP contribution is -2.00. The lowest BCUT2D eigenvalue weighted by molar-refractivity contribution is -0.111. The van der Waals surface area contributed by atoms with Gasteiger partial charge in [-0.1, -0.05) is 32.2 Å². The minimum atomic E-state index is -0.449. The number of thioether (sulfide) groups is 1. The van der Waals surface area contributed by atoms with Gasteiger partial charge in [0.15, 0.2) is 5.12 Å². The lowest BCUT2D eigenvalue weighted by Gasteiger charge is -2.04. The van der Waals surface area contributed by atoms with E-state index in [4.69, 9.17) is 0 Å². The van der Waals surface area contributed by atoms with Gasteiger partial charge in [0.05, 0.1) is 11.8 Å². The monoisotopic (exact) mass is 264 g/mol. The van der Waals surface area contributed by atoms with Crippen molar-refractivity contribution in [1.82, 2.24) is 0 Å². The van der Waals surface area contributed by atoms with Crippen molar-refractivity contribution in [3.8, 4) is 0 Å². The Kier molecular flexibility index (Phi) is 5.65. The maximum absolute atomic E-state index is 11.6. The summed E-state index contributed by atoms with van der Waals surface area (Å²) in [7, 11) is 0. The van der Waals surface area contributed by atoms with Gasteiger partial charge in [-0.25, -0.2) is 4.79 Å². The number of esters is 1. The highest BCUT2D eigenvalue weighted by Crippen LogP contribution is 2.22. The number of hydrogen-bond donors (Lipinski definition) is 0. The molecule has 3 nitrogen and oxygen atoms in total. The Balaban J connectivity index is 2.63. The Morgan fingerprint density at radius 1 is 1.33 bits per heavy atom. The smallest absolute Gasteiger partial charge is 0.342 e. The number of carbonyl (C=O) groups excluding carboxylic acids is 2. The van der Waals surface area contributed by atoms with Crippen LogP contribution in [0.25, 0.3) is 0 Å². The Hall–Kier alpha value is -1.55. The average Bonchev–Trinajstić information content (AvgIpc) is 2.29. The van der Waals surface area contributed by atoms with Gasteiger partial charge in [0.1, 0.15) is 0 Å². The lowest BCUT2D eigenvalue weighted by atomic mass is 10.2. The fourth-order valence-electron chi connectivity index (χ4n) is 1.31. The summed E-state index contributed by atoms with van der Waals surface area (Å²) in [6, 6.07) is 6.75. The van der Waals surface area contributed by atoms with E-state index >= 15 is 0 Å². The molecule has 0 bridgehead atoms. The second kappa shape index (κ2) is 7.01. The molecule has 0 amide bonds. The highest BCUT2D eigenvalue weighted by Gasteiger charge is 2.09. The van der Waals surface area contributed by atoms with Gasteiger partial charge in [-0.3, -0.25) is 4.79 Å². The van der Waals surface area contributed by atoms with E-state index in [0.29, 0.717) is 17.9 Å². The molecule has 4 heteroatoms. The maximum Gasteiger partial charge on any atom is 0.342 e. The maximum atomic E-state index is 11.6. The molecule has 0 aliphatic carbocycles. The van der Waals surface area contributed by atoms with Gasteiger partial charge in [-0.15, -0.1) is 0 Å². The van der Waals surface area contributed by atoms with Crippen LogP contribution in [0.5, 0.6) is 0 Å². The van der Waals surface area contributed by atoms with E-state index in [1.807, 2.05) is 13.8 Å².